The van der Waals surface area contributed by atoms with Gasteiger partial charge in [-0.15, -0.1) is 24.8 Å². The average Bonchev–Trinajstić information content (AvgIpc) is 2.20. The third-order valence-corrected chi connectivity index (χ3v) is 2.52. The lowest BCUT2D eigenvalue weighted by molar-refractivity contribution is 0.578. The molecule has 0 spiro atoms. The Bertz CT molecular complexity index is 288. The van der Waals surface area contributed by atoms with Crippen LogP contribution in [0, 0.1) is 0 Å². The van der Waals surface area contributed by atoms with E-state index in [1.165, 1.54) is 19.3 Å². The van der Waals surface area contributed by atoms with Crippen LogP contribution in [0.2, 0.25) is 0 Å². The number of rotatable bonds is 1. The molecule has 0 amide bonds. The smallest absolute Gasteiger partial charge is 0.0738 e. The average molecular weight is 250 g/mol. The number of piperidine rings is 1. The molecule has 1 saturated heterocycles. The van der Waals surface area contributed by atoms with E-state index in [9.17, 15) is 0 Å². The minimum absolute atomic E-state index is 0. The Hall–Kier alpha value is -0.670. The zero-order valence-corrected chi connectivity index (χ0v) is 10.2. The van der Waals surface area contributed by atoms with Gasteiger partial charge >= 0.3 is 0 Å². The summed E-state index contributed by atoms with van der Waals surface area (Å²) in [5.41, 5.74) is 7.79. The maximum absolute atomic E-state index is 5.85. The summed E-state index contributed by atoms with van der Waals surface area (Å²) >= 11 is 0. The van der Waals surface area contributed by atoms with Crippen LogP contribution >= 0.6 is 24.8 Å². The molecule has 0 saturated carbocycles. The number of nitrogen functional groups attached to an aromatic ring is 1. The lowest BCUT2D eigenvalue weighted by Gasteiger charge is -2.29. The van der Waals surface area contributed by atoms with Crippen molar-refractivity contribution in [1.82, 2.24) is 4.98 Å². The third kappa shape index (κ3) is 3.43. The van der Waals surface area contributed by atoms with Crippen LogP contribution in [0.15, 0.2) is 18.5 Å². The summed E-state index contributed by atoms with van der Waals surface area (Å²) in [6.45, 7) is 2.27. The summed E-state index contributed by atoms with van der Waals surface area (Å²) in [7, 11) is 0. The van der Waals surface area contributed by atoms with Gasteiger partial charge in [-0.1, -0.05) is 0 Å². The van der Waals surface area contributed by atoms with E-state index in [1.807, 2.05) is 6.07 Å². The van der Waals surface area contributed by atoms with Gasteiger partial charge in [0.25, 0.3) is 0 Å². The van der Waals surface area contributed by atoms with Crippen LogP contribution in [0.3, 0.4) is 0 Å². The first-order valence-electron chi connectivity index (χ1n) is 4.82. The molecular formula is C10H17Cl2N3. The van der Waals surface area contributed by atoms with Crippen molar-refractivity contribution in [3.05, 3.63) is 18.5 Å². The van der Waals surface area contributed by atoms with Crippen LogP contribution in [0.4, 0.5) is 11.4 Å². The second-order valence-electron chi connectivity index (χ2n) is 3.48. The Kier molecular flexibility index (Phi) is 6.45. The van der Waals surface area contributed by atoms with Gasteiger partial charge in [0.2, 0.25) is 0 Å². The minimum atomic E-state index is 0. The maximum Gasteiger partial charge on any atom is 0.0738 e. The molecule has 1 aliphatic rings. The van der Waals surface area contributed by atoms with Crippen molar-refractivity contribution < 1.29 is 0 Å². The molecule has 5 heteroatoms. The summed E-state index contributed by atoms with van der Waals surface area (Å²) in [6.07, 6.45) is 7.44. The van der Waals surface area contributed by atoms with E-state index in [4.69, 9.17) is 5.73 Å². The van der Waals surface area contributed by atoms with Crippen molar-refractivity contribution in [2.75, 3.05) is 23.7 Å². The molecular weight excluding hydrogens is 233 g/mol. The molecule has 0 bridgehead atoms. The molecule has 1 aromatic heterocycles. The molecule has 1 aromatic rings. The van der Waals surface area contributed by atoms with Gasteiger partial charge in [-0.25, -0.2) is 0 Å². The Morgan fingerprint density at radius 3 is 2.40 bits per heavy atom. The molecule has 0 aliphatic carbocycles. The highest BCUT2D eigenvalue weighted by Crippen LogP contribution is 2.24. The van der Waals surface area contributed by atoms with Gasteiger partial charge in [0, 0.05) is 19.3 Å². The molecule has 2 rings (SSSR count). The van der Waals surface area contributed by atoms with Gasteiger partial charge in [-0.3, -0.25) is 4.98 Å². The maximum atomic E-state index is 5.85. The lowest BCUT2D eigenvalue weighted by atomic mass is 10.1. The predicted molar refractivity (Wildman–Crippen MR) is 69.2 cm³/mol. The van der Waals surface area contributed by atoms with Gasteiger partial charge < -0.3 is 10.6 Å². The highest BCUT2D eigenvalue weighted by atomic mass is 35.5. The first-order chi connectivity index (χ1) is 6.38. The third-order valence-electron chi connectivity index (χ3n) is 2.52. The number of anilines is 2. The molecule has 86 valence electrons. The number of hydrogen-bond donors (Lipinski definition) is 1. The number of nitrogens with two attached hydrogens (primary N) is 1. The van der Waals surface area contributed by atoms with E-state index in [0.717, 1.165) is 24.5 Å². The number of pyridine rings is 1. The van der Waals surface area contributed by atoms with E-state index in [1.54, 1.807) is 12.4 Å². The van der Waals surface area contributed by atoms with Crippen LogP contribution in [-0.2, 0) is 0 Å². The molecule has 1 aliphatic heterocycles. The number of aromatic nitrogens is 1. The Labute approximate surface area is 103 Å². The first kappa shape index (κ1) is 14.3. The minimum Gasteiger partial charge on any atom is -0.396 e. The molecule has 15 heavy (non-hydrogen) atoms. The summed E-state index contributed by atoms with van der Waals surface area (Å²) < 4.78 is 0. The van der Waals surface area contributed by atoms with Crippen LogP contribution in [0.5, 0.6) is 0 Å². The summed E-state index contributed by atoms with van der Waals surface area (Å²) in [5, 5.41) is 0. The normalized spacial score (nSPS) is 15.1. The largest absolute Gasteiger partial charge is 0.396 e. The van der Waals surface area contributed by atoms with Crippen LogP contribution in [0.1, 0.15) is 19.3 Å². The molecule has 2 N–H and O–H groups in total. The molecule has 1 fully saturated rings. The fraction of sp³-hybridized carbons (Fsp3) is 0.500. The number of halogens is 2. The summed E-state index contributed by atoms with van der Waals surface area (Å²) in [5.74, 6) is 0. The Morgan fingerprint density at radius 2 is 1.80 bits per heavy atom. The van der Waals surface area contributed by atoms with Crippen molar-refractivity contribution in [2.45, 2.75) is 19.3 Å². The quantitative estimate of drug-likeness (QED) is 0.832. The monoisotopic (exact) mass is 249 g/mol. The van der Waals surface area contributed by atoms with Gasteiger partial charge in [0.15, 0.2) is 0 Å². The van der Waals surface area contributed by atoms with Crippen LogP contribution in [0.25, 0.3) is 0 Å². The van der Waals surface area contributed by atoms with Crippen LogP contribution < -0.4 is 10.6 Å². The SMILES string of the molecule is Cl.Cl.Nc1cnccc1N1CCCCC1. The van der Waals surface area contributed by atoms with E-state index < -0.39 is 0 Å². The van der Waals surface area contributed by atoms with E-state index in [-0.39, 0.29) is 24.8 Å². The van der Waals surface area contributed by atoms with Crippen molar-refractivity contribution in [3.8, 4) is 0 Å². The van der Waals surface area contributed by atoms with Gasteiger partial charge in [-0.05, 0) is 25.3 Å². The number of nitrogens with zero attached hydrogens (tertiary/aromatic N) is 2. The summed E-state index contributed by atoms with van der Waals surface area (Å²) in [4.78, 5) is 6.34. The van der Waals surface area contributed by atoms with Crippen molar-refractivity contribution in [3.63, 3.8) is 0 Å². The lowest BCUT2D eigenvalue weighted by Crippen LogP contribution is -2.29. The zero-order valence-electron chi connectivity index (χ0n) is 8.56. The van der Waals surface area contributed by atoms with E-state index in [0.29, 0.717) is 0 Å². The second kappa shape index (κ2) is 6.75. The fourth-order valence-electron chi connectivity index (χ4n) is 1.82. The van der Waals surface area contributed by atoms with E-state index in [2.05, 4.69) is 9.88 Å². The van der Waals surface area contributed by atoms with Gasteiger partial charge in [0.1, 0.15) is 0 Å². The van der Waals surface area contributed by atoms with Gasteiger partial charge in [-0.2, -0.15) is 0 Å². The fourth-order valence-corrected chi connectivity index (χ4v) is 1.82. The highest BCUT2D eigenvalue weighted by molar-refractivity contribution is 5.85. The van der Waals surface area contributed by atoms with Crippen molar-refractivity contribution in [2.24, 2.45) is 0 Å². The number of hydrogen-bond acceptors (Lipinski definition) is 3. The topological polar surface area (TPSA) is 42.1 Å². The molecule has 0 aromatic carbocycles. The molecule has 0 atom stereocenters. The highest BCUT2D eigenvalue weighted by Gasteiger charge is 2.12. The van der Waals surface area contributed by atoms with Crippen molar-refractivity contribution >= 4 is 36.2 Å². The molecule has 0 radical (unpaired) electrons. The zero-order chi connectivity index (χ0) is 9.10. The second-order valence-corrected chi connectivity index (χ2v) is 3.48. The summed E-state index contributed by atoms with van der Waals surface area (Å²) in [6, 6.07) is 2.00. The van der Waals surface area contributed by atoms with Crippen LogP contribution in [-0.4, -0.2) is 18.1 Å². The molecule has 2 heterocycles. The van der Waals surface area contributed by atoms with Gasteiger partial charge in [0.05, 0.1) is 17.6 Å². The standard InChI is InChI=1S/C10H15N3.2ClH/c11-9-8-12-5-4-10(9)13-6-2-1-3-7-13;;/h4-5,8H,1-3,6-7,11H2;2*1H. The van der Waals surface area contributed by atoms with Crippen molar-refractivity contribution in [1.29, 1.82) is 0 Å². The Balaban J connectivity index is 0.000000980. The van der Waals surface area contributed by atoms with E-state index >= 15 is 0 Å². The molecule has 0 unspecified atom stereocenters. The first-order valence-corrected chi connectivity index (χ1v) is 4.82. The molecule has 3 nitrogen and oxygen atoms in total. The predicted octanol–water partition coefficient (Wildman–Crippen LogP) is 2.50. The Morgan fingerprint density at radius 1 is 1.13 bits per heavy atom.